The van der Waals surface area contributed by atoms with Crippen molar-refractivity contribution in [1.82, 2.24) is 4.90 Å². The lowest BCUT2D eigenvalue weighted by Crippen LogP contribution is -2.44. The fraction of sp³-hybridized carbons (Fsp3) is 0.600. The molecule has 1 saturated heterocycles. The van der Waals surface area contributed by atoms with E-state index in [4.69, 9.17) is 11.6 Å². The molecule has 3 rings (SSSR count). The molecule has 0 N–H and O–H groups in total. The fourth-order valence-electron chi connectivity index (χ4n) is 3.28. The third-order valence-electron chi connectivity index (χ3n) is 4.34. The van der Waals surface area contributed by atoms with Crippen molar-refractivity contribution in [1.29, 1.82) is 0 Å². The van der Waals surface area contributed by atoms with Crippen LogP contribution in [0.5, 0.6) is 0 Å². The van der Waals surface area contributed by atoms with Crippen LogP contribution in [0.4, 0.5) is 0 Å². The molecule has 0 amide bonds. The van der Waals surface area contributed by atoms with Gasteiger partial charge >= 0.3 is 0 Å². The normalized spacial score (nSPS) is 28.5. The summed E-state index contributed by atoms with van der Waals surface area (Å²) in [5, 5.41) is 0. The molecule has 0 saturated carbocycles. The fourth-order valence-corrected chi connectivity index (χ4v) is 3.63. The average molecular weight is 250 g/mol. The molecule has 1 aliphatic carbocycles. The zero-order chi connectivity index (χ0) is 11.7. The van der Waals surface area contributed by atoms with Crippen molar-refractivity contribution in [2.45, 2.75) is 37.6 Å². The Bertz CT molecular complexity index is 390. The van der Waals surface area contributed by atoms with Gasteiger partial charge in [0.15, 0.2) is 0 Å². The van der Waals surface area contributed by atoms with Crippen LogP contribution in [0.1, 0.15) is 36.3 Å². The largest absolute Gasteiger partial charge is 0.299 e. The van der Waals surface area contributed by atoms with Crippen LogP contribution >= 0.6 is 11.6 Å². The maximum absolute atomic E-state index is 6.08. The van der Waals surface area contributed by atoms with Crippen molar-refractivity contribution in [3.8, 4) is 0 Å². The minimum absolute atomic E-state index is 0.623. The van der Waals surface area contributed by atoms with Gasteiger partial charge in [-0.2, -0.15) is 0 Å². The first-order valence-corrected chi connectivity index (χ1v) is 7.30. The van der Waals surface area contributed by atoms with Crippen molar-refractivity contribution in [3.63, 3.8) is 0 Å². The summed E-state index contributed by atoms with van der Waals surface area (Å²) in [5.74, 6) is 1.56. The Hall–Kier alpha value is -0.530. The molecule has 1 heterocycles. The quantitative estimate of drug-likeness (QED) is 0.742. The predicted octanol–water partition coefficient (Wildman–Crippen LogP) is 3.42. The van der Waals surface area contributed by atoms with Crippen LogP contribution in [0.3, 0.4) is 0 Å². The van der Waals surface area contributed by atoms with E-state index in [9.17, 15) is 0 Å². The van der Waals surface area contributed by atoms with Gasteiger partial charge in [-0.25, -0.2) is 0 Å². The number of rotatable bonds is 3. The molecule has 2 unspecified atom stereocenters. The summed E-state index contributed by atoms with van der Waals surface area (Å²) in [6.45, 7) is 2.46. The second-order valence-electron chi connectivity index (χ2n) is 5.40. The number of likely N-dealkylation sites (tertiary alicyclic amines) is 1. The summed E-state index contributed by atoms with van der Waals surface area (Å²) in [6.07, 6.45) is 5.26. The first-order chi connectivity index (χ1) is 8.38. The highest BCUT2D eigenvalue weighted by Crippen LogP contribution is 2.36. The zero-order valence-electron chi connectivity index (χ0n) is 10.2. The molecular formula is C15H20ClN. The molecule has 1 aliphatic heterocycles. The van der Waals surface area contributed by atoms with Gasteiger partial charge in [0.1, 0.15) is 0 Å². The summed E-state index contributed by atoms with van der Waals surface area (Å²) in [5.41, 5.74) is 3.13. The molecule has 1 aromatic rings. The van der Waals surface area contributed by atoms with Crippen molar-refractivity contribution in [2.24, 2.45) is 0 Å². The van der Waals surface area contributed by atoms with Crippen LogP contribution in [0.25, 0.3) is 0 Å². The van der Waals surface area contributed by atoms with Gasteiger partial charge in [-0.15, -0.1) is 11.6 Å². The van der Waals surface area contributed by atoms with Crippen LogP contribution in [-0.4, -0.2) is 29.9 Å². The number of hydrogen-bond acceptors (Lipinski definition) is 1. The Morgan fingerprint density at radius 2 is 2.12 bits per heavy atom. The SMILES string of the molecule is ClCC1CCCCN1CC1Cc2ccccc21. The van der Waals surface area contributed by atoms with Crippen molar-refractivity contribution >= 4 is 11.6 Å². The van der Waals surface area contributed by atoms with E-state index in [1.165, 1.54) is 38.8 Å². The number of piperidine rings is 1. The van der Waals surface area contributed by atoms with Gasteiger partial charge in [0.25, 0.3) is 0 Å². The number of fused-ring (bicyclic) bond motifs is 1. The van der Waals surface area contributed by atoms with Crippen LogP contribution in [0.15, 0.2) is 24.3 Å². The Balaban J connectivity index is 1.65. The molecule has 1 fully saturated rings. The minimum Gasteiger partial charge on any atom is -0.299 e. The first kappa shape index (κ1) is 11.6. The summed E-state index contributed by atoms with van der Waals surface area (Å²) >= 11 is 6.08. The highest BCUT2D eigenvalue weighted by atomic mass is 35.5. The van der Waals surface area contributed by atoms with Crippen LogP contribution in [-0.2, 0) is 6.42 Å². The molecule has 1 nitrogen and oxygen atoms in total. The third kappa shape index (κ3) is 2.23. The van der Waals surface area contributed by atoms with E-state index in [1.807, 2.05) is 0 Å². The number of benzene rings is 1. The Morgan fingerprint density at radius 1 is 1.24 bits per heavy atom. The maximum Gasteiger partial charge on any atom is 0.0379 e. The second kappa shape index (κ2) is 4.99. The minimum atomic E-state index is 0.623. The summed E-state index contributed by atoms with van der Waals surface area (Å²) < 4.78 is 0. The molecule has 2 atom stereocenters. The van der Waals surface area contributed by atoms with Crippen molar-refractivity contribution < 1.29 is 0 Å². The van der Waals surface area contributed by atoms with Crippen LogP contribution in [0.2, 0.25) is 0 Å². The molecule has 0 spiro atoms. The van der Waals surface area contributed by atoms with Crippen LogP contribution < -0.4 is 0 Å². The van der Waals surface area contributed by atoms with E-state index in [2.05, 4.69) is 29.2 Å². The summed E-state index contributed by atoms with van der Waals surface area (Å²) in [7, 11) is 0. The Morgan fingerprint density at radius 3 is 2.94 bits per heavy atom. The van der Waals surface area contributed by atoms with E-state index in [1.54, 1.807) is 11.1 Å². The van der Waals surface area contributed by atoms with Gasteiger partial charge in [-0.05, 0) is 36.9 Å². The van der Waals surface area contributed by atoms with Gasteiger partial charge in [-0.1, -0.05) is 30.7 Å². The molecule has 17 heavy (non-hydrogen) atoms. The topological polar surface area (TPSA) is 3.24 Å². The molecule has 2 aliphatic rings. The number of nitrogens with zero attached hydrogens (tertiary/aromatic N) is 1. The van der Waals surface area contributed by atoms with E-state index >= 15 is 0 Å². The van der Waals surface area contributed by atoms with E-state index in [0.717, 1.165) is 11.8 Å². The van der Waals surface area contributed by atoms with Gasteiger partial charge in [0.05, 0.1) is 0 Å². The predicted molar refractivity (Wildman–Crippen MR) is 72.8 cm³/mol. The lowest BCUT2D eigenvalue weighted by molar-refractivity contribution is 0.149. The number of halogens is 1. The second-order valence-corrected chi connectivity index (χ2v) is 5.71. The zero-order valence-corrected chi connectivity index (χ0v) is 11.0. The summed E-state index contributed by atoms with van der Waals surface area (Å²) in [6, 6.07) is 9.50. The maximum atomic E-state index is 6.08. The lowest BCUT2D eigenvalue weighted by atomic mass is 9.77. The standard InChI is InChI=1S/C15H20ClN/c16-10-14-6-3-4-8-17(14)11-13-9-12-5-1-2-7-15(12)13/h1-2,5,7,13-14H,3-4,6,8-11H2. The molecule has 0 aromatic heterocycles. The molecule has 92 valence electrons. The van der Waals surface area contributed by atoms with E-state index in [-0.39, 0.29) is 0 Å². The third-order valence-corrected chi connectivity index (χ3v) is 4.70. The Kier molecular flexibility index (Phi) is 3.39. The smallest absolute Gasteiger partial charge is 0.0379 e. The molecule has 0 radical (unpaired) electrons. The van der Waals surface area contributed by atoms with E-state index in [0.29, 0.717) is 6.04 Å². The molecule has 1 aromatic carbocycles. The molecule has 0 bridgehead atoms. The number of alkyl halides is 1. The van der Waals surface area contributed by atoms with Gasteiger partial charge < -0.3 is 0 Å². The highest BCUT2D eigenvalue weighted by Gasteiger charge is 2.30. The monoisotopic (exact) mass is 249 g/mol. The average Bonchev–Trinajstić information content (AvgIpc) is 2.36. The first-order valence-electron chi connectivity index (χ1n) is 6.76. The summed E-state index contributed by atoms with van der Waals surface area (Å²) in [4.78, 5) is 2.62. The van der Waals surface area contributed by atoms with E-state index < -0.39 is 0 Å². The molecule has 2 heteroatoms. The lowest BCUT2D eigenvalue weighted by Gasteiger charge is -2.40. The van der Waals surface area contributed by atoms with Crippen molar-refractivity contribution in [3.05, 3.63) is 35.4 Å². The Labute approximate surface area is 109 Å². The van der Waals surface area contributed by atoms with Crippen molar-refractivity contribution in [2.75, 3.05) is 19.0 Å². The van der Waals surface area contributed by atoms with Gasteiger partial charge in [0.2, 0.25) is 0 Å². The number of hydrogen-bond donors (Lipinski definition) is 0. The molecular weight excluding hydrogens is 230 g/mol. The highest BCUT2D eigenvalue weighted by molar-refractivity contribution is 6.18. The van der Waals surface area contributed by atoms with Gasteiger partial charge in [-0.3, -0.25) is 4.90 Å². The van der Waals surface area contributed by atoms with Crippen LogP contribution in [0, 0.1) is 0 Å². The van der Waals surface area contributed by atoms with Gasteiger partial charge in [0, 0.05) is 24.4 Å².